The molecule has 0 radical (unpaired) electrons. The van der Waals surface area contributed by atoms with E-state index in [0.717, 1.165) is 35.7 Å². The molecule has 2 aromatic heterocycles. The van der Waals surface area contributed by atoms with Gasteiger partial charge in [-0.2, -0.15) is 4.98 Å². The molecule has 0 saturated heterocycles. The molecule has 0 aliphatic heterocycles. The predicted octanol–water partition coefficient (Wildman–Crippen LogP) is 3.97. The van der Waals surface area contributed by atoms with Gasteiger partial charge in [-0.25, -0.2) is 4.98 Å². The molecule has 0 spiro atoms. The van der Waals surface area contributed by atoms with Crippen LogP contribution in [0.3, 0.4) is 0 Å². The quantitative estimate of drug-likeness (QED) is 0.690. The van der Waals surface area contributed by atoms with E-state index in [-0.39, 0.29) is 0 Å². The van der Waals surface area contributed by atoms with Crippen molar-refractivity contribution in [1.29, 1.82) is 0 Å². The second-order valence-electron chi connectivity index (χ2n) is 5.43. The van der Waals surface area contributed by atoms with Gasteiger partial charge in [0.15, 0.2) is 0 Å². The first-order chi connectivity index (χ1) is 11.8. The normalized spacial score (nSPS) is 10.4. The summed E-state index contributed by atoms with van der Waals surface area (Å²) < 4.78 is 0. The molecule has 0 fully saturated rings. The van der Waals surface area contributed by atoms with Crippen LogP contribution in [0.15, 0.2) is 60.8 Å². The number of hydrogen-bond donors (Lipinski definition) is 2. The van der Waals surface area contributed by atoms with E-state index in [2.05, 4.69) is 44.6 Å². The lowest BCUT2D eigenvalue weighted by Gasteiger charge is -2.11. The SMILES string of the molecule is CCCNc1nc(NCc2ccccn2)cc(-c2ccccc2)n1. The van der Waals surface area contributed by atoms with Crippen molar-refractivity contribution in [3.05, 3.63) is 66.5 Å². The zero-order valence-electron chi connectivity index (χ0n) is 13.7. The van der Waals surface area contributed by atoms with Gasteiger partial charge in [0.2, 0.25) is 5.95 Å². The highest BCUT2D eigenvalue weighted by atomic mass is 15.1. The molecule has 122 valence electrons. The van der Waals surface area contributed by atoms with Crippen LogP contribution in [0.25, 0.3) is 11.3 Å². The van der Waals surface area contributed by atoms with Gasteiger partial charge in [0, 0.05) is 24.4 Å². The summed E-state index contributed by atoms with van der Waals surface area (Å²) in [6.45, 7) is 3.59. The van der Waals surface area contributed by atoms with Crippen molar-refractivity contribution < 1.29 is 0 Å². The minimum Gasteiger partial charge on any atom is -0.364 e. The summed E-state index contributed by atoms with van der Waals surface area (Å²) in [6, 6.07) is 18.0. The van der Waals surface area contributed by atoms with Crippen molar-refractivity contribution in [3.63, 3.8) is 0 Å². The Morgan fingerprint density at radius 3 is 2.50 bits per heavy atom. The molecule has 2 N–H and O–H groups in total. The Labute approximate surface area is 142 Å². The third-order valence-corrected chi connectivity index (χ3v) is 3.51. The van der Waals surface area contributed by atoms with Crippen molar-refractivity contribution in [2.24, 2.45) is 0 Å². The largest absolute Gasteiger partial charge is 0.364 e. The van der Waals surface area contributed by atoms with Crippen molar-refractivity contribution >= 4 is 11.8 Å². The Bertz CT molecular complexity index is 759. The average Bonchev–Trinajstić information content (AvgIpc) is 2.66. The van der Waals surface area contributed by atoms with E-state index < -0.39 is 0 Å². The van der Waals surface area contributed by atoms with Gasteiger partial charge in [0.1, 0.15) is 5.82 Å². The molecule has 0 bridgehead atoms. The number of nitrogens with zero attached hydrogens (tertiary/aromatic N) is 3. The van der Waals surface area contributed by atoms with Crippen LogP contribution in [-0.4, -0.2) is 21.5 Å². The van der Waals surface area contributed by atoms with Crippen LogP contribution in [0.4, 0.5) is 11.8 Å². The molecular formula is C19H21N5. The van der Waals surface area contributed by atoms with E-state index in [1.165, 1.54) is 0 Å². The molecule has 0 aliphatic carbocycles. The second-order valence-corrected chi connectivity index (χ2v) is 5.43. The summed E-state index contributed by atoms with van der Waals surface area (Å²) in [7, 11) is 0. The predicted molar refractivity (Wildman–Crippen MR) is 97.8 cm³/mol. The molecule has 5 heteroatoms. The van der Waals surface area contributed by atoms with Crippen LogP contribution in [0.1, 0.15) is 19.0 Å². The molecule has 24 heavy (non-hydrogen) atoms. The van der Waals surface area contributed by atoms with Gasteiger partial charge in [-0.3, -0.25) is 4.98 Å². The lowest BCUT2D eigenvalue weighted by molar-refractivity contribution is 0.949. The number of benzene rings is 1. The molecule has 3 aromatic rings. The van der Waals surface area contributed by atoms with E-state index >= 15 is 0 Å². The van der Waals surface area contributed by atoms with E-state index in [9.17, 15) is 0 Å². The number of anilines is 2. The Hall–Kier alpha value is -2.95. The first-order valence-electron chi connectivity index (χ1n) is 8.17. The van der Waals surface area contributed by atoms with Gasteiger partial charge < -0.3 is 10.6 Å². The van der Waals surface area contributed by atoms with Crippen molar-refractivity contribution in [2.75, 3.05) is 17.2 Å². The van der Waals surface area contributed by atoms with E-state index in [0.29, 0.717) is 12.5 Å². The molecule has 3 rings (SSSR count). The first-order valence-corrected chi connectivity index (χ1v) is 8.17. The maximum atomic E-state index is 4.62. The maximum Gasteiger partial charge on any atom is 0.225 e. The van der Waals surface area contributed by atoms with Gasteiger partial charge in [-0.1, -0.05) is 43.3 Å². The lowest BCUT2D eigenvalue weighted by atomic mass is 10.1. The Balaban J connectivity index is 1.84. The zero-order valence-corrected chi connectivity index (χ0v) is 13.7. The smallest absolute Gasteiger partial charge is 0.225 e. The van der Waals surface area contributed by atoms with Gasteiger partial charge in [0.25, 0.3) is 0 Å². The standard InChI is InChI=1S/C19H21N5/c1-2-11-21-19-23-17(15-8-4-3-5-9-15)13-18(24-19)22-14-16-10-6-7-12-20-16/h3-10,12-13H,2,11,14H2,1H3,(H2,21,22,23,24). The molecule has 0 amide bonds. The highest BCUT2D eigenvalue weighted by molar-refractivity contribution is 5.64. The molecule has 1 aromatic carbocycles. The van der Waals surface area contributed by atoms with Crippen molar-refractivity contribution in [2.45, 2.75) is 19.9 Å². The van der Waals surface area contributed by atoms with E-state index in [1.54, 1.807) is 6.20 Å². The topological polar surface area (TPSA) is 62.7 Å². The summed E-state index contributed by atoms with van der Waals surface area (Å²) in [6.07, 6.45) is 2.82. The number of pyridine rings is 1. The fourth-order valence-corrected chi connectivity index (χ4v) is 2.29. The fourth-order valence-electron chi connectivity index (χ4n) is 2.29. The first kappa shape index (κ1) is 15.9. The molecule has 2 heterocycles. The third kappa shape index (κ3) is 4.29. The van der Waals surface area contributed by atoms with E-state index in [4.69, 9.17) is 0 Å². The van der Waals surface area contributed by atoms with Gasteiger partial charge in [-0.15, -0.1) is 0 Å². The third-order valence-electron chi connectivity index (χ3n) is 3.51. The fraction of sp³-hybridized carbons (Fsp3) is 0.211. The van der Waals surface area contributed by atoms with Crippen LogP contribution in [0, 0.1) is 0 Å². The summed E-state index contributed by atoms with van der Waals surface area (Å²) in [5.74, 6) is 1.43. The lowest BCUT2D eigenvalue weighted by Crippen LogP contribution is -2.09. The summed E-state index contributed by atoms with van der Waals surface area (Å²) in [5.41, 5.74) is 2.94. The molecule has 0 saturated carbocycles. The minimum absolute atomic E-state index is 0.624. The number of nitrogens with one attached hydrogen (secondary N) is 2. The Morgan fingerprint density at radius 2 is 1.75 bits per heavy atom. The molecule has 0 unspecified atom stereocenters. The van der Waals surface area contributed by atoms with Gasteiger partial charge in [-0.05, 0) is 18.6 Å². The summed E-state index contributed by atoms with van der Waals surface area (Å²) in [4.78, 5) is 13.5. The average molecular weight is 319 g/mol. The molecule has 5 nitrogen and oxygen atoms in total. The van der Waals surface area contributed by atoms with Crippen molar-refractivity contribution in [1.82, 2.24) is 15.0 Å². The molecule has 0 aliphatic rings. The van der Waals surface area contributed by atoms with Crippen molar-refractivity contribution in [3.8, 4) is 11.3 Å². The van der Waals surface area contributed by atoms with Gasteiger partial charge >= 0.3 is 0 Å². The number of rotatable bonds is 7. The zero-order chi connectivity index (χ0) is 16.6. The number of hydrogen-bond acceptors (Lipinski definition) is 5. The highest BCUT2D eigenvalue weighted by Crippen LogP contribution is 2.21. The van der Waals surface area contributed by atoms with Gasteiger partial charge in [0.05, 0.1) is 17.9 Å². The van der Waals surface area contributed by atoms with E-state index in [1.807, 2.05) is 42.5 Å². The molecule has 0 atom stereocenters. The Kier molecular flexibility index (Phi) is 5.35. The van der Waals surface area contributed by atoms with Crippen LogP contribution in [0.5, 0.6) is 0 Å². The maximum absolute atomic E-state index is 4.62. The second kappa shape index (κ2) is 8.06. The van der Waals surface area contributed by atoms with Crippen LogP contribution < -0.4 is 10.6 Å². The minimum atomic E-state index is 0.624. The highest BCUT2D eigenvalue weighted by Gasteiger charge is 2.06. The van der Waals surface area contributed by atoms with Crippen LogP contribution >= 0.6 is 0 Å². The summed E-state index contributed by atoms with van der Waals surface area (Å²) >= 11 is 0. The Morgan fingerprint density at radius 1 is 0.917 bits per heavy atom. The van der Waals surface area contributed by atoms with Crippen LogP contribution in [-0.2, 0) is 6.54 Å². The number of aromatic nitrogens is 3. The summed E-state index contributed by atoms with van der Waals surface area (Å²) in [5, 5.41) is 6.60. The molecular weight excluding hydrogens is 298 g/mol. The monoisotopic (exact) mass is 319 g/mol. The van der Waals surface area contributed by atoms with Crippen LogP contribution in [0.2, 0.25) is 0 Å².